The summed E-state index contributed by atoms with van der Waals surface area (Å²) in [5.41, 5.74) is 0.763. The number of likely N-dealkylation sites (tertiary alicyclic amines) is 1. The van der Waals surface area contributed by atoms with E-state index in [9.17, 15) is 13.6 Å². The summed E-state index contributed by atoms with van der Waals surface area (Å²) >= 11 is 0. The van der Waals surface area contributed by atoms with Crippen molar-refractivity contribution < 1.29 is 18.1 Å². The zero-order valence-corrected chi connectivity index (χ0v) is 22.3. The van der Waals surface area contributed by atoms with Gasteiger partial charge in [0.15, 0.2) is 0 Å². The number of amides is 1. The van der Waals surface area contributed by atoms with Gasteiger partial charge in [0.2, 0.25) is 11.7 Å². The summed E-state index contributed by atoms with van der Waals surface area (Å²) in [6.45, 7) is 10.4. The minimum atomic E-state index is -1.07. The van der Waals surface area contributed by atoms with E-state index < -0.39 is 18.0 Å². The molecule has 0 unspecified atom stereocenters. The monoisotopic (exact) mass is 539 g/mol. The Morgan fingerprint density at radius 3 is 2.79 bits per heavy atom. The van der Waals surface area contributed by atoms with Crippen molar-refractivity contribution in [3.05, 3.63) is 54.2 Å². The number of halogens is 2. The minimum Gasteiger partial charge on any atom is -0.364 e. The van der Waals surface area contributed by atoms with Crippen LogP contribution in [0.25, 0.3) is 22.9 Å². The highest BCUT2D eigenvalue weighted by molar-refractivity contribution is 5.93. The molecule has 0 radical (unpaired) electrons. The summed E-state index contributed by atoms with van der Waals surface area (Å²) in [4.78, 5) is 18.8. The molecule has 2 N–H and O–H groups in total. The van der Waals surface area contributed by atoms with Crippen molar-refractivity contribution >= 4 is 23.1 Å². The Bertz CT molecular complexity index is 1520. The average Bonchev–Trinajstić information content (AvgIpc) is 3.62. The number of carbonyl (C=O) groups excluding carboxylic acids is 1. The summed E-state index contributed by atoms with van der Waals surface area (Å²) in [5.74, 6) is -0.433. The zero-order chi connectivity index (χ0) is 27.9. The lowest BCUT2D eigenvalue weighted by atomic mass is 10.0. The molecular formula is C26H31F2N9O2. The van der Waals surface area contributed by atoms with Crippen LogP contribution in [-0.4, -0.2) is 72.7 Å². The molecule has 5 heterocycles. The van der Waals surface area contributed by atoms with Gasteiger partial charge in [-0.15, -0.1) is 0 Å². The first-order chi connectivity index (χ1) is 18.5. The molecule has 0 saturated carbocycles. The second-order valence-corrected chi connectivity index (χ2v) is 10.7. The van der Waals surface area contributed by atoms with Gasteiger partial charge in [0.1, 0.15) is 23.5 Å². The number of pyridine rings is 1. The Morgan fingerprint density at radius 1 is 1.31 bits per heavy atom. The van der Waals surface area contributed by atoms with Crippen LogP contribution in [0.15, 0.2) is 41.7 Å². The molecule has 39 heavy (non-hydrogen) atoms. The normalized spacial score (nSPS) is 18.4. The summed E-state index contributed by atoms with van der Waals surface area (Å²) in [6, 6.07) is 4.75. The van der Waals surface area contributed by atoms with Gasteiger partial charge >= 0.3 is 0 Å². The summed E-state index contributed by atoms with van der Waals surface area (Å²) in [5, 5.41) is 18.6. The number of carbonyl (C=O) groups is 1. The SMILES string of the molecule is C=C(F)c1c(-c2noc(CNC(=O)c3cnn(C(C)(C)C)c3)n2)nn2c(N[C@@H]3CCN(C)C[C@@H]3F)cccc12. The van der Waals surface area contributed by atoms with Gasteiger partial charge in [0.25, 0.3) is 5.91 Å². The van der Waals surface area contributed by atoms with Gasteiger partial charge in [0.05, 0.1) is 41.0 Å². The van der Waals surface area contributed by atoms with Gasteiger partial charge < -0.3 is 20.1 Å². The first-order valence-corrected chi connectivity index (χ1v) is 12.6. The highest BCUT2D eigenvalue weighted by Gasteiger charge is 2.29. The highest BCUT2D eigenvalue weighted by atomic mass is 19.1. The van der Waals surface area contributed by atoms with Crippen LogP contribution < -0.4 is 10.6 Å². The fourth-order valence-corrected chi connectivity index (χ4v) is 4.50. The fourth-order valence-electron chi connectivity index (χ4n) is 4.50. The molecule has 0 aromatic carbocycles. The topological polar surface area (TPSA) is 118 Å². The predicted octanol–water partition coefficient (Wildman–Crippen LogP) is 3.66. The Kier molecular flexibility index (Phi) is 6.93. The second kappa shape index (κ2) is 10.2. The van der Waals surface area contributed by atoms with E-state index in [4.69, 9.17) is 4.52 Å². The van der Waals surface area contributed by atoms with E-state index in [0.29, 0.717) is 29.9 Å². The van der Waals surface area contributed by atoms with Crippen LogP contribution in [0.2, 0.25) is 0 Å². The molecule has 2 atom stereocenters. The van der Waals surface area contributed by atoms with Crippen LogP contribution in [0.5, 0.6) is 0 Å². The quantitative estimate of drug-likeness (QED) is 0.365. The van der Waals surface area contributed by atoms with E-state index in [-0.39, 0.29) is 41.0 Å². The molecule has 11 nitrogen and oxygen atoms in total. The summed E-state index contributed by atoms with van der Waals surface area (Å²) < 4.78 is 37.9. The third-order valence-electron chi connectivity index (χ3n) is 6.62. The van der Waals surface area contributed by atoms with E-state index in [0.717, 1.165) is 6.54 Å². The van der Waals surface area contributed by atoms with Gasteiger partial charge in [-0.2, -0.15) is 15.2 Å². The zero-order valence-electron chi connectivity index (χ0n) is 22.3. The Morgan fingerprint density at radius 2 is 2.10 bits per heavy atom. The van der Waals surface area contributed by atoms with Crippen LogP contribution in [0.1, 0.15) is 49.0 Å². The standard InChI is InChI=1S/C26H31F2N9O2/c1-15(27)22-19-7-6-8-20(31-18-9-10-35(5)14-17(18)28)37(19)33-23(22)24-32-21(39-34-24)12-29-25(38)16-11-30-36(13-16)26(2,3)4/h6-8,11,13,17-18,31H,1,9-10,12,14H2,2-5H3,(H,29,38)/t17-,18+/m0/s1. The largest absolute Gasteiger partial charge is 0.364 e. The van der Waals surface area contributed by atoms with Crippen LogP contribution >= 0.6 is 0 Å². The Labute approximate surface area is 223 Å². The van der Waals surface area contributed by atoms with Gasteiger partial charge in [0, 0.05) is 19.3 Å². The molecule has 1 aliphatic rings. The predicted molar refractivity (Wildman–Crippen MR) is 141 cm³/mol. The lowest BCUT2D eigenvalue weighted by Gasteiger charge is -2.33. The van der Waals surface area contributed by atoms with Crippen molar-refractivity contribution in [1.29, 1.82) is 0 Å². The van der Waals surface area contributed by atoms with Gasteiger partial charge in [-0.3, -0.25) is 9.48 Å². The van der Waals surface area contributed by atoms with E-state index in [1.807, 2.05) is 32.7 Å². The molecular weight excluding hydrogens is 508 g/mol. The highest BCUT2D eigenvalue weighted by Crippen LogP contribution is 2.32. The first-order valence-electron chi connectivity index (χ1n) is 12.6. The molecule has 0 spiro atoms. The molecule has 206 valence electrons. The lowest BCUT2D eigenvalue weighted by molar-refractivity contribution is 0.0946. The molecule has 1 aliphatic heterocycles. The molecule has 1 fully saturated rings. The van der Waals surface area contributed by atoms with Crippen molar-refractivity contribution in [2.45, 2.75) is 51.5 Å². The maximum atomic E-state index is 14.7. The van der Waals surface area contributed by atoms with Crippen molar-refractivity contribution in [3.8, 4) is 11.5 Å². The number of aromatic nitrogens is 6. The molecule has 1 amide bonds. The van der Waals surface area contributed by atoms with Gasteiger partial charge in [-0.25, -0.2) is 13.3 Å². The van der Waals surface area contributed by atoms with Crippen molar-refractivity contribution in [3.63, 3.8) is 0 Å². The summed E-state index contributed by atoms with van der Waals surface area (Å²) in [6.07, 6.45) is 2.69. The number of piperidine rings is 1. The van der Waals surface area contributed by atoms with E-state index in [2.05, 4.69) is 37.6 Å². The summed E-state index contributed by atoms with van der Waals surface area (Å²) in [7, 11) is 1.88. The van der Waals surface area contributed by atoms with E-state index in [1.165, 1.54) is 10.7 Å². The minimum absolute atomic E-state index is 0.0333. The number of anilines is 1. The first kappa shape index (κ1) is 26.5. The van der Waals surface area contributed by atoms with Gasteiger partial charge in [-0.05, 0) is 46.4 Å². The molecule has 4 aromatic rings. The smallest absolute Gasteiger partial charge is 0.254 e. The number of fused-ring (bicyclic) bond motifs is 1. The van der Waals surface area contributed by atoms with Crippen molar-refractivity contribution in [1.82, 2.24) is 39.8 Å². The van der Waals surface area contributed by atoms with Gasteiger partial charge in [-0.1, -0.05) is 17.8 Å². The lowest BCUT2D eigenvalue weighted by Crippen LogP contribution is -2.46. The number of hydrogen-bond donors (Lipinski definition) is 2. The van der Waals surface area contributed by atoms with Crippen LogP contribution in [-0.2, 0) is 12.1 Å². The molecule has 1 saturated heterocycles. The number of nitrogens with zero attached hydrogens (tertiary/aromatic N) is 7. The third-order valence-corrected chi connectivity index (χ3v) is 6.62. The van der Waals surface area contributed by atoms with Crippen molar-refractivity contribution in [2.24, 2.45) is 0 Å². The van der Waals surface area contributed by atoms with Crippen LogP contribution in [0.4, 0.5) is 14.6 Å². The maximum Gasteiger partial charge on any atom is 0.254 e. The third kappa shape index (κ3) is 5.39. The number of nitrogens with one attached hydrogen (secondary N) is 2. The Hall–Kier alpha value is -4.13. The van der Waals surface area contributed by atoms with E-state index >= 15 is 0 Å². The average molecular weight is 540 g/mol. The van der Waals surface area contributed by atoms with Crippen LogP contribution in [0.3, 0.4) is 0 Å². The number of rotatable bonds is 7. The number of alkyl halides is 1. The molecule has 0 bridgehead atoms. The van der Waals surface area contributed by atoms with Crippen LogP contribution in [0, 0.1) is 0 Å². The van der Waals surface area contributed by atoms with E-state index in [1.54, 1.807) is 29.1 Å². The molecule has 13 heteroatoms. The maximum absolute atomic E-state index is 14.7. The Balaban J connectivity index is 1.37. The number of hydrogen-bond acceptors (Lipinski definition) is 8. The molecule has 4 aromatic heterocycles. The second-order valence-electron chi connectivity index (χ2n) is 10.7. The molecule has 5 rings (SSSR count). The fraction of sp³-hybridized carbons (Fsp3) is 0.423. The molecule has 0 aliphatic carbocycles. The van der Waals surface area contributed by atoms with Crippen molar-refractivity contribution in [2.75, 3.05) is 25.5 Å².